The van der Waals surface area contributed by atoms with Crippen molar-refractivity contribution in [3.63, 3.8) is 0 Å². The Bertz CT molecular complexity index is 923. The minimum atomic E-state index is -3.70. The molecule has 1 aromatic heterocycles. The number of pyridine rings is 1. The van der Waals surface area contributed by atoms with Crippen LogP contribution in [0.1, 0.15) is 18.4 Å². The molecule has 0 bridgehead atoms. The molecule has 2 atom stereocenters. The summed E-state index contributed by atoms with van der Waals surface area (Å²) >= 11 is 0. The van der Waals surface area contributed by atoms with Gasteiger partial charge in [-0.3, -0.25) is 4.98 Å². The lowest BCUT2D eigenvalue weighted by Crippen LogP contribution is -2.46. The summed E-state index contributed by atoms with van der Waals surface area (Å²) < 4.78 is 40.4. The molecule has 156 valence electrons. The lowest BCUT2D eigenvalue weighted by molar-refractivity contribution is 0.110. The zero-order valence-electron chi connectivity index (χ0n) is 16.6. The van der Waals surface area contributed by atoms with E-state index in [0.717, 1.165) is 31.6 Å². The van der Waals surface area contributed by atoms with E-state index in [-0.39, 0.29) is 23.6 Å². The first-order valence-electron chi connectivity index (χ1n) is 9.97. The van der Waals surface area contributed by atoms with Crippen molar-refractivity contribution in [1.82, 2.24) is 14.2 Å². The van der Waals surface area contributed by atoms with E-state index in [1.165, 1.54) is 0 Å². The van der Waals surface area contributed by atoms with Gasteiger partial charge < -0.3 is 14.4 Å². The Morgan fingerprint density at radius 1 is 1.17 bits per heavy atom. The lowest BCUT2D eigenvalue weighted by Gasteiger charge is -2.31. The molecule has 0 N–H and O–H groups in total. The van der Waals surface area contributed by atoms with Crippen LogP contribution in [0.2, 0.25) is 0 Å². The number of rotatable bonds is 5. The van der Waals surface area contributed by atoms with E-state index in [2.05, 4.69) is 9.88 Å². The second kappa shape index (κ2) is 8.79. The van der Waals surface area contributed by atoms with Crippen LogP contribution in [0, 0.1) is 0 Å². The largest absolute Gasteiger partial charge is 0.487 e. The summed E-state index contributed by atoms with van der Waals surface area (Å²) in [7, 11) is -2.00. The Morgan fingerprint density at radius 3 is 2.79 bits per heavy atom. The fourth-order valence-electron chi connectivity index (χ4n) is 4.13. The molecule has 3 heterocycles. The smallest absolute Gasteiger partial charge is 0.247 e. The molecule has 8 heteroatoms. The molecular formula is C21H27N3O4S. The number of fused-ring (bicyclic) bond motifs is 2. The predicted molar refractivity (Wildman–Crippen MR) is 109 cm³/mol. The number of aromatic nitrogens is 1. The maximum Gasteiger partial charge on any atom is 0.247 e. The Morgan fingerprint density at radius 2 is 2.00 bits per heavy atom. The molecule has 0 unspecified atom stereocenters. The van der Waals surface area contributed by atoms with Crippen LogP contribution in [0.3, 0.4) is 0 Å². The van der Waals surface area contributed by atoms with Crippen molar-refractivity contribution in [2.75, 3.05) is 33.4 Å². The highest BCUT2D eigenvalue weighted by molar-refractivity contribution is 7.89. The van der Waals surface area contributed by atoms with Gasteiger partial charge in [-0.2, -0.15) is 4.31 Å². The van der Waals surface area contributed by atoms with E-state index in [4.69, 9.17) is 9.47 Å². The van der Waals surface area contributed by atoms with Gasteiger partial charge in [-0.05, 0) is 43.1 Å². The van der Waals surface area contributed by atoms with Gasteiger partial charge in [-0.1, -0.05) is 18.2 Å². The van der Waals surface area contributed by atoms with Crippen LogP contribution in [0.5, 0.6) is 5.75 Å². The molecule has 2 aromatic rings. The summed E-state index contributed by atoms with van der Waals surface area (Å²) in [5.74, 6) is 0.446. The Hall–Kier alpha value is -2.00. The van der Waals surface area contributed by atoms with Gasteiger partial charge >= 0.3 is 0 Å². The van der Waals surface area contributed by atoms with Crippen molar-refractivity contribution >= 4 is 10.0 Å². The minimum Gasteiger partial charge on any atom is -0.487 e. The predicted octanol–water partition coefficient (Wildman–Crippen LogP) is 2.14. The standard InChI is InChI=1S/C21H27N3O4S/c1-27-14-13-23-11-8-18-19(9-12-23)28-20-6-2-3-7-21(20)29(25,26)24(18)16-17-5-4-10-22-15-17/h2-7,10,15,18-19H,8-9,11-14,16H2,1H3/t18-,19-/m0/s1. The van der Waals surface area contributed by atoms with Crippen LogP contribution < -0.4 is 4.74 Å². The van der Waals surface area contributed by atoms with Crippen LogP contribution in [0.15, 0.2) is 53.7 Å². The SMILES string of the molecule is COCCN1CC[C@@H]2Oc3ccccc3S(=O)(=O)N(Cc3cccnc3)[C@H]2CC1. The summed E-state index contributed by atoms with van der Waals surface area (Å²) in [5.41, 5.74) is 0.870. The number of likely N-dealkylation sites (tertiary alicyclic amines) is 1. The highest BCUT2D eigenvalue weighted by atomic mass is 32.2. The minimum absolute atomic E-state index is 0.197. The third-order valence-electron chi connectivity index (χ3n) is 5.66. The van der Waals surface area contributed by atoms with Crippen molar-refractivity contribution in [2.45, 2.75) is 36.4 Å². The molecule has 0 spiro atoms. The van der Waals surface area contributed by atoms with Gasteiger partial charge in [0.2, 0.25) is 10.0 Å². The second-order valence-corrected chi connectivity index (χ2v) is 9.35. The molecule has 4 rings (SSSR count). The van der Waals surface area contributed by atoms with Gasteiger partial charge in [0, 0.05) is 39.1 Å². The number of benzene rings is 1. The van der Waals surface area contributed by atoms with E-state index in [9.17, 15) is 8.42 Å². The quantitative estimate of drug-likeness (QED) is 0.742. The molecule has 0 aliphatic carbocycles. The Balaban J connectivity index is 1.70. The van der Waals surface area contributed by atoms with Crippen LogP contribution >= 0.6 is 0 Å². The molecule has 2 aliphatic rings. The second-order valence-electron chi connectivity index (χ2n) is 7.49. The topological polar surface area (TPSA) is 72.0 Å². The van der Waals surface area contributed by atoms with Crippen LogP contribution in [0.25, 0.3) is 0 Å². The molecule has 0 saturated carbocycles. The molecule has 7 nitrogen and oxygen atoms in total. The fraction of sp³-hybridized carbons (Fsp3) is 0.476. The summed E-state index contributed by atoms with van der Waals surface area (Å²) in [6.07, 6.45) is 4.70. The monoisotopic (exact) mass is 417 g/mol. The van der Waals surface area contributed by atoms with E-state index in [0.29, 0.717) is 18.8 Å². The molecule has 2 aliphatic heterocycles. The maximum atomic E-state index is 13.6. The summed E-state index contributed by atoms with van der Waals surface area (Å²) in [4.78, 5) is 6.72. The fourth-order valence-corrected chi connectivity index (χ4v) is 5.92. The van der Waals surface area contributed by atoms with Gasteiger partial charge in [-0.15, -0.1) is 0 Å². The zero-order chi connectivity index (χ0) is 20.3. The first-order valence-corrected chi connectivity index (χ1v) is 11.4. The highest BCUT2D eigenvalue weighted by Gasteiger charge is 2.43. The first-order chi connectivity index (χ1) is 14.1. The number of methoxy groups -OCH3 is 1. The van der Waals surface area contributed by atoms with E-state index < -0.39 is 10.0 Å². The van der Waals surface area contributed by atoms with Gasteiger partial charge in [-0.25, -0.2) is 8.42 Å². The number of sulfonamides is 1. The number of ether oxygens (including phenoxy) is 2. The van der Waals surface area contributed by atoms with Crippen LogP contribution in [-0.2, 0) is 21.3 Å². The number of hydrogen-bond acceptors (Lipinski definition) is 6. The van der Waals surface area contributed by atoms with Crippen LogP contribution in [-0.4, -0.2) is 68.1 Å². The van der Waals surface area contributed by atoms with Crippen molar-refractivity contribution in [2.24, 2.45) is 0 Å². The zero-order valence-corrected chi connectivity index (χ0v) is 17.4. The van der Waals surface area contributed by atoms with Crippen molar-refractivity contribution in [3.8, 4) is 5.75 Å². The number of hydrogen-bond donors (Lipinski definition) is 0. The van der Waals surface area contributed by atoms with Gasteiger partial charge in [0.25, 0.3) is 0 Å². The number of para-hydroxylation sites is 1. The molecule has 1 aromatic carbocycles. The molecule has 1 fully saturated rings. The van der Waals surface area contributed by atoms with Gasteiger partial charge in [0.1, 0.15) is 16.7 Å². The van der Waals surface area contributed by atoms with E-state index >= 15 is 0 Å². The van der Waals surface area contributed by atoms with E-state index in [1.807, 2.05) is 18.2 Å². The summed E-state index contributed by atoms with van der Waals surface area (Å²) in [6.45, 7) is 3.45. The normalized spacial score (nSPS) is 24.6. The molecule has 0 radical (unpaired) electrons. The van der Waals surface area contributed by atoms with Gasteiger partial charge in [0.15, 0.2) is 0 Å². The number of nitrogens with zero attached hydrogens (tertiary/aromatic N) is 3. The molecule has 29 heavy (non-hydrogen) atoms. The van der Waals surface area contributed by atoms with Gasteiger partial charge in [0.05, 0.1) is 12.6 Å². The Kier molecular flexibility index (Phi) is 6.15. The van der Waals surface area contributed by atoms with Crippen molar-refractivity contribution in [3.05, 3.63) is 54.4 Å². The molecule has 1 saturated heterocycles. The molecular weight excluding hydrogens is 390 g/mol. The average molecular weight is 418 g/mol. The highest BCUT2D eigenvalue weighted by Crippen LogP contribution is 2.37. The van der Waals surface area contributed by atoms with E-state index in [1.54, 1.807) is 42.0 Å². The summed E-state index contributed by atoms with van der Waals surface area (Å²) in [5, 5.41) is 0. The lowest BCUT2D eigenvalue weighted by atomic mass is 10.1. The third kappa shape index (κ3) is 4.30. The third-order valence-corrected chi connectivity index (χ3v) is 7.57. The summed E-state index contributed by atoms with van der Waals surface area (Å²) in [6, 6.07) is 10.5. The van der Waals surface area contributed by atoms with Crippen molar-refractivity contribution in [1.29, 1.82) is 0 Å². The first kappa shape index (κ1) is 20.3. The maximum absolute atomic E-state index is 13.6. The van der Waals surface area contributed by atoms with Crippen LogP contribution in [0.4, 0.5) is 0 Å². The average Bonchev–Trinajstić information content (AvgIpc) is 2.97. The molecule has 0 amide bonds. The Labute approximate surface area is 172 Å². The van der Waals surface area contributed by atoms with Crippen molar-refractivity contribution < 1.29 is 17.9 Å².